The molecule has 0 bridgehead atoms. The molecule has 7 nitrogen and oxygen atoms in total. The lowest BCUT2D eigenvalue weighted by Crippen LogP contribution is -2.38. The first-order chi connectivity index (χ1) is 9.84. The molecular weight excluding hydrogens is 294 g/mol. The lowest BCUT2D eigenvalue weighted by molar-refractivity contribution is -0.387. The van der Waals surface area contributed by atoms with Crippen LogP contribution in [0.25, 0.3) is 0 Å². The van der Waals surface area contributed by atoms with Gasteiger partial charge in [-0.3, -0.25) is 10.1 Å². The van der Waals surface area contributed by atoms with Crippen LogP contribution in [-0.2, 0) is 9.84 Å². The molecule has 8 heteroatoms. The molecule has 1 fully saturated rings. The second-order valence-electron chi connectivity index (χ2n) is 5.34. The van der Waals surface area contributed by atoms with Gasteiger partial charge in [0, 0.05) is 19.3 Å². The van der Waals surface area contributed by atoms with Gasteiger partial charge in [0.2, 0.25) is 0 Å². The number of para-hydroxylation sites is 1. The van der Waals surface area contributed by atoms with E-state index in [0.29, 0.717) is 25.3 Å². The van der Waals surface area contributed by atoms with Crippen molar-refractivity contribution < 1.29 is 13.3 Å². The first-order valence-electron chi connectivity index (χ1n) is 6.77. The first-order valence-corrected chi connectivity index (χ1v) is 8.66. The van der Waals surface area contributed by atoms with Crippen LogP contribution in [0.3, 0.4) is 0 Å². The summed E-state index contributed by atoms with van der Waals surface area (Å²) < 4.78 is 23.5. The van der Waals surface area contributed by atoms with E-state index < -0.39 is 14.8 Å². The second kappa shape index (κ2) is 5.98. The second-order valence-corrected chi connectivity index (χ2v) is 7.33. The van der Waals surface area contributed by atoms with Crippen LogP contribution < -0.4 is 10.6 Å². The Kier molecular flexibility index (Phi) is 4.48. The summed E-state index contributed by atoms with van der Waals surface area (Å²) in [4.78, 5) is 12.4. The van der Waals surface area contributed by atoms with Crippen molar-refractivity contribution in [2.45, 2.75) is 17.7 Å². The minimum Gasteiger partial charge on any atom is -0.366 e. The van der Waals surface area contributed by atoms with E-state index in [0.717, 1.165) is 19.1 Å². The molecule has 1 aromatic carbocycles. The third-order valence-corrected chi connectivity index (χ3v) is 4.88. The molecule has 0 spiro atoms. The van der Waals surface area contributed by atoms with Gasteiger partial charge in [0.05, 0.1) is 4.92 Å². The van der Waals surface area contributed by atoms with Crippen molar-refractivity contribution in [3.63, 3.8) is 0 Å². The third-order valence-electron chi connectivity index (χ3n) is 3.75. The van der Waals surface area contributed by atoms with E-state index in [4.69, 9.17) is 5.73 Å². The fraction of sp³-hybridized carbons (Fsp3) is 0.538. The Morgan fingerprint density at radius 1 is 1.48 bits per heavy atom. The zero-order chi connectivity index (χ0) is 15.6. The Morgan fingerprint density at radius 2 is 2.19 bits per heavy atom. The van der Waals surface area contributed by atoms with E-state index >= 15 is 0 Å². The van der Waals surface area contributed by atoms with Gasteiger partial charge in [-0.25, -0.2) is 8.42 Å². The molecule has 0 saturated carbocycles. The highest BCUT2D eigenvalue weighted by Crippen LogP contribution is 2.36. The highest BCUT2D eigenvalue weighted by molar-refractivity contribution is 7.90. The fourth-order valence-corrected chi connectivity index (χ4v) is 3.58. The molecule has 1 aliphatic heterocycles. The summed E-state index contributed by atoms with van der Waals surface area (Å²) in [5, 5.41) is 11.4. The summed E-state index contributed by atoms with van der Waals surface area (Å²) in [6, 6.07) is 4.43. The number of benzene rings is 1. The van der Waals surface area contributed by atoms with Gasteiger partial charge in [-0.05, 0) is 37.4 Å². The smallest absolute Gasteiger partial charge is 0.311 e. The average molecular weight is 313 g/mol. The van der Waals surface area contributed by atoms with Crippen LogP contribution in [-0.4, -0.2) is 39.2 Å². The molecule has 1 aliphatic rings. The Hall–Kier alpha value is -1.67. The van der Waals surface area contributed by atoms with Crippen molar-refractivity contribution in [1.82, 2.24) is 0 Å². The number of nitro groups is 1. The zero-order valence-corrected chi connectivity index (χ0v) is 12.7. The van der Waals surface area contributed by atoms with Gasteiger partial charge in [0.25, 0.3) is 0 Å². The predicted octanol–water partition coefficient (Wildman–Crippen LogP) is 1.17. The maximum absolute atomic E-state index is 11.8. The number of hydrogen-bond acceptors (Lipinski definition) is 6. The Balaban J connectivity index is 2.51. The van der Waals surface area contributed by atoms with Crippen LogP contribution in [0, 0.1) is 16.0 Å². The zero-order valence-electron chi connectivity index (χ0n) is 11.9. The topological polar surface area (TPSA) is 107 Å². The number of sulfone groups is 1. The standard InChI is InChI=1S/C13H19N3O4S/c1-21(19,20)12-6-2-5-11(13(12)16(17)18)15-7-3-4-10(8-14)9-15/h2,5-6,10H,3-4,7-9,14H2,1H3. The summed E-state index contributed by atoms with van der Waals surface area (Å²) in [5.41, 5.74) is 5.71. The van der Waals surface area contributed by atoms with E-state index in [1.54, 1.807) is 12.1 Å². The molecule has 1 aromatic rings. The quantitative estimate of drug-likeness (QED) is 0.660. The molecule has 1 atom stereocenters. The Bertz CT molecular complexity index is 645. The first kappa shape index (κ1) is 15.7. The van der Waals surface area contributed by atoms with E-state index in [1.807, 2.05) is 4.90 Å². The van der Waals surface area contributed by atoms with Crippen molar-refractivity contribution in [1.29, 1.82) is 0 Å². The largest absolute Gasteiger partial charge is 0.366 e. The monoisotopic (exact) mass is 313 g/mol. The van der Waals surface area contributed by atoms with Crippen molar-refractivity contribution >= 4 is 21.2 Å². The maximum atomic E-state index is 11.8. The van der Waals surface area contributed by atoms with E-state index in [1.165, 1.54) is 6.07 Å². The molecule has 2 N–H and O–H groups in total. The predicted molar refractivity (Wildman–Crippen MR) is 80.2 cm³/mol. The number of nitrogens with two attached hydrogens (primary N) is 1. The third kappa shape index (κ3) is 3.33. The van der Waals surface area contributed by atoms with E-state index in [9.17, 15) is 18.5 Å². The summed E-state index contributed by atoms with van der Waals surface area (Å²) in [7, 11) is -3.65. The number of hydrogen-bond donors (Lipinski definition) is 1. The summed E-state index contributed by atoms with van der Waals surface area (Å²) in [5.74, 6) is 0.278. The summed E-state index contributed by atoms with van der Waals surface area (Å²) >= 11 is 0. The molecule has 116 valence electrons. The molecule has 0 radical (unpaired) electrons. The number of anilines is 1. The highest BCUT2D eigenvalue weighted by Gasteiger charge is 2.30. The van der Waals surface area contributed by atoms with Crippen molar-refractivity contribution in [3.05, 3.63) is 28.3 Å². The molecule has 1 saturated heterocycles. The number of piperidine rings is 1. The Morgan fingerprint density at radius 3 is 2.76 bits per heavy atom. The van der Waals surface area contributed by atoms with E-state index in [-0.39, 0.29) is 16.5 Å². The van der Waals surface area contributed by atoms with Gasteiger partial charge >= 0.3 is 5.69 Å². The molecular formula is C13H19N3O4S. The average Bonchev–Trinajstić information content (AvgIpc) is 2.45. The molecule has 1 heterocycles. The van der Waals surface area contributed by atoms with Gasteiger partial charge in [0.1, 0.15) is 10.6 Å². The molecule has 0 amide bonds. The van der Waals surface area contributed by atoms with Crippen LogP contribution in [0.1, 0.15) is 12.8 Å². The normalized spacial score (nSPS) is 19.5. The van der Waals surface area contributed by atoms with Gasteiger partial charge in [-0.2, -0.15) is 0 Å². The summed E-state index contributed by atoms with van der Waals surface area (Å²) in [6.07, 6.45) is 2.87. The number of rotatable bonds is 4. The SMILES string of the molecule is CS(=O)(=O)c1cccc(N2CCCC(CN)C2)c1[N+](=O)[O-]. The number of nitrogens with zero attached hydrogens (tertiary/aromatic N) is 2. The van der Waals surface area contributed by atoms with Crippen LogP contribution in [0.5, 0.6) is 0 Å². The number of nitro benzene ring substituents is 1. The lowest BCUT2D eigenvalue weighted by atomic mass is 9.97. The molecule has 21 heavy (non-hydrogen) atoms. The minimum atomic E-state index is -3.65. The van der Waals surface area contributed by atoms with Crippen molar-refractivity contribution in [2.24, 2.45) is 11.7 Å². The van der Waals surface area contributed by atoms with Crippen LogP contribution in [0.4, 0.5) is 11.4 Å². The van der Waals surface area contributed by atoms with Gasteiger partial charge in [-0.1, -0.05) is 6.07 Å². The van der Waals surface area contributed by atoms with E-state index in [2.05, 4.69) is 0 Å². The molecule has 2 rings (SSSR count). The summed E-state index contributed by atoms with van der Waals surface area (Å²) in [6.45, 7) is 1.81. The lowest BCUT2D eigenvalue weighted by Gasteiger charge is -2.33. The van der Waals surface area contributed by atoms with Crippen molar-refractivity contribution in [2.75, 3.05) is 30.8 Å². The van der Waals surface area contributed by atoms with Gasteiger partial charge in [-0.15, -0.1) is 0 Å². The van der Waals surface area contributed by atoms with Crippen LogP contribution in [0.15, 0.2) is 23.1 Å². The van der Waals surface area contributed by atoms with Crippen LogP contribution >= 0.6 is 0 Å². The molecule has 0 aromatic heterocycles. The van der Waals surface area contributed by atoms with Gasteiger partial charge < -0.3 is 10.6 Å². The van der Waals surface area contributed by atoms with Crippen molar-refractivity contribution in [3.8, 4) is 0 Å². The molecule has 1 unspecified atom stereocenters. The molecule has 0 aliphatic carbocycles. The Labute approximate surface area is 123 Å². The minimum absolute atomic E-state index is 0.236. The fourth-order valence-electron chi connectivity index (χ4n) is 2.72. The maximum Gasteiger partial charge on any atom is 0.311 e. The van der Waals surface area contributed by atoms with Gasteiger partial charge in [0.15, 0.2) is 9.84 Å². The van der Waals surface area contributed by atoms with Crippen LogP contribution in [0.2, 0.25) is 0 Å². The highest BCUT2D eigenvalue weighted by atomic mass is 32.2.